The molecule has 2 rings (SSSR count). The first-order valence-corrected chi connectivity index (χ1v) is 6.29. The zero-order valence-corrected chi connectivity index (χ0v) is 11.1. The number of nitrogens with one attached hydrogen (secondary N) is 2. The van der Waals surface area contributed by atoms with Gasteiger partial charge in [0, 0.05) is 16.9 Å². The highest BCUT2D eigenvalue weighted by atomic mass is 79.9. The van der Waals surface area contributed by atoms with E-state index in [1.165, 1.54) is 6.07 Å². The topological polar surface area (TPSA) is 62.0 Å². The maximum Gasteiger partial charge on any atom is 0.267 e. The molecule has 0 saturated carbocycles. The highest BCUT2D eigenvalue weighted by Gasteiger charge is 2.19. The summed E-state index contributed by atoms with van der Waals surface area (Å²) >= 11 is 9.01. The van der Waals surface area contributed by atoms with E-state index in [9.17, 15) is 9.59 Å². The van der Waals surface area contributed by atoms with Gasteiger partial charge in [-0.2, -0.15) is 0 Å². The van der Waals surface area contributed by atoms with Crippen LogP contribution in [0.1, 0.15) is 18.5 Å². The zero-order chi connectivity index (χ0) is 12.4. The number of amides is 1. The lowest BCUT2D eigenvalue weighted by Gasteiger charge is -2.05. The second-order valence-corrected chi connectivity index (χ2v) is 5.04. The van der Waals surface area contributed by atoms with Crippen molar-refractivity contribution in [3.05, 3.63) is 39.3 Å². The minimum absolute atomic E-state index is 0.0102. The van der Waals surface area contributed by atoms with Crippen molar-refractivity contribution in [3.63, 3.8) is 0 Å². The van der Waals surface area contributed by atoms with E-state index in [0.717, 1.165) is 10.9 Å². The summed E-state index contributed by atoms with van der Waals surface area (Å²) in [5.41, 5.74) is 0.311. The molecule has 2 heterocycles. The van der Waals surface area contributed by atoms with Gasteiger partial charge >= 0.3 is 0 Å². The fraction of sp³-hybridized carbons (Fsp3) is 0.273. The third-order valence-electron chi connectivity index (χ3n) is 2.50. The molecule has 90 valence electrons. The van der Waals surface area contributed by atoms with E-state index in [0.29, 0.717) is 12.1 Å². The van der Waals surface area contributed by atoms with Gasteiger partial charge in [0.25, 0.3) is 5.56 Å². The summed E-state index contributed by atoms with van der Waals surface area (Å²) in [7, 11) is 0. The number of hydrogen-bond donors (Lipinski definition) is 2. The lowest BCUT2D eigenvalue weighted by atomic mass is 10.2. The van der Waals surface area contributed by atoms with E-state index >= 15 is 0 Å². The smallest absolute Gasteiger partial charge is 0.267 e. The Hall–Kier alpha value is -1.07. The van der Waals surface area contributed by atoms with E-state index in [1.807, 2.05) is 6.08 Å². The van der Waals surface area contributed by atoms with Crippen LogP contribution in [0.2, 0.25) is 5.02 Å². The molecular weight excluding hydrogens is 307 g/mol. The van der Waals surface area contributed by atoms with Gasteiger partial charge in [0.1, 0.15) is 5.02 Å². The van der Waals surface area contributed by atoms with Crippen molar-refractivity contribution in [2.45, 2.75) is 18.9 Å². The molecule has 6 heteroatoms. The molecule has 1 aliphatic heterocycles. The molecule has 0 unspecified atom stereocenters. The number of carbonyl (C=O) groups excluding carboxylic acids is 1. The van der Waals surface area contributed by atoms with Crippen LogP contribution in [0.4, 0.5) is 0 Å². The van der Waals surface area contributed by atoms with Crippen molar-refractivity contribution in [2.24, 2.45) is 0 Å². The normalized spacial score (nSPS) is 20.5. The molecule has 0 spiro atoms. The minimum atomic E-state index is -0.329. The molecule has 1 aromatic rings. The molecule has 1 aliphatic rings. The second-order valence-electron chi connectivity index (χ2n) is 3.78. The number of aromatic amines is 1. The average Bonchev–Trinajstić information content (AvgIpc) is 2.68. The molecule has 0 aliphatic carbocycles. The number of halogens is 2. The third kappa shape index (κ3) is 2.98. The first-order chi connectivity index (χ1) is 8.06. The quantitative estimate of drug-likeness (QED) is 0.877. The first kappa shape index (κ1) is 12.4. The van der Waals surface area contributed by atoms with Crippen LogP contribution >= 0.6 is 27.5 Å². The van der Waals surface area contributed by atoms with Gasteiger partial charge in [-0.15, -0.1) is 0 Å². The fourth-order valence-electron chi connectivity index (χ4n) is 1.62. The van der Waals surface area contributed by atoms with Crippen molar-refractivity contribution in [1.29, 1.82) is 0 Å². The number of aromatic nitrogens is 1. The Morgan fingerprint density at radius 1 is 1.47 bits per heavy atom. The molecule has 1 atom stereocenters. The maximum atomic E-state index is 11.3. The largest absolute Gasteiger partial charge is 0.350 e. The van der Waals surface area contributed by atoms with Crippen molar-refractivity contribution in [2.75, 3.05) is 0 Å². The molecule has 0 radical (unpaired) electrons. The molecule has 1 saturated heterocycles. The Morgan fingerprint density at radius 2 is 2.24 bits per heavy atom. The van der Waals surface area contributed by atoms with Gasteiger partial charge in [-0.1, -0.05) is 11.6 Å². The Balaban J connectivity index is 2.21. The molecule has 1 amide bonds. The van der Waals surface area contributed by atoms with Crippen LogP contribution in [0.5, 0.6) is 0 Å². The summed E-state index contributed by atoms with van der Waals surface area (Å²) < 4.78 is 0.735. The van der Waals surface area contributed by atoms with E-state index < -0.39 is 0 Å². The number of H-pyrrole nitrogens is 1. The number of carbonyl (C=O) groups is 1. The van der Waals surface area contributed by atoms with E-state index in [4.69, 9.17) is 11.6 Å². The van der Waals surface area contributed by atoms with Crippen LogP contribution < -0.4 is 10.9 Å². The fourth-order valence-corrected chi connectivity index (χ4v) is 2.28. The van der Waals surface area contributed by atoms with Crippen molar-refractivity contribution < 1.29 is 4.79 Å². The molecule has 0 bridgehead atoms. The summed E-state index contributed by atoms with van der Waals surface area (Å²) in [5, 5.41) is 2.97. The Morgan fingerprint density at radius 3 is 2.82 bits per heavy atom. The lowest BCUT2D eigenvalue weighted by Crippen LogP contribution is -2.23. The summed E-state index contributed by atoms with van der Waals surface area (Å²) in [5.74, 6) is 0.0520. The van der Waals surface area contributed by atoms with Gasteiger partial charge in [-0.25, -0.2) is 0 Å². The third-order valence-corrected chi connectivity index (χ3v) is 3.48. The maximum absolute atomic E-state index is 11.3. The number of pyridine rings is 1. The highest BCUT2D eigenvalue weighted by Crippen LogP contribution is 2.21. The summed E-state index contributed by atoms with van der Waals surface area (Å²) in [6.07, 6.45) is 3.18. The number of hydrogen-bond acceptors (Lipinski definition) is 2. The summed E-state index contributed by atoms with van der Waals surface area (Å²) in [4.78, 5) is 25.0. The average molecular weight is 318 g/mol. The Labute approximate surface area is 111 Å². The zero-order valence-electron chi connectivity index (χ0n) is 8.80. The van der Waals surface area contributed by atoms with Crippen LogP contribution in [0, 0.1) is 0 Å². The Bertz CT molecular complexity index is 539. The van der Waals surface area contributed by atoms with Gasteiger partial charge in [-0.05, 0) is 40.6 Å². The van der Waals surface area contributed by atoms with E-state index in [-0.39, 0.29) is 22.5 Å². The first-order valence-electron chi connectivity index (χ1n) is 5.12. The van der Waals surface area contributed by atoms with Gasteiger partial charge < -0.3 is 10.3 Å². The molecule has 1 aromatic heterocycles. The predicted octanol–water partition coefficient (Wildman–Crippen LogP) is 2.04. The van der Waals surface area contributed by atoms with Gasteiger partial charge in [0.2, 0.25) is 5.91 Å². The van der Waals surface area contributed by atoms with Crippen LogP contribution in [-0.2, 0) is 4.79 Å². The lowest BCUT2D eigenvalue weighted by molar-refractivity contribution is -0.119. The van der Waals surface area contributed by atoms with Gasteiger partial charge in [-0.3, -0.25) is 9.59 Å². The van der Waals surface area contributed by atoms with Crippen molar-refractivity contribution >= 4 is 37.9 Å². The molecular formula is C11H10BrClN2O2. The highest BCUT2D eigenvalue weighted by molar-refractivity contribution is 9.15. The van der Waals surface area contributed by atoms with Gasteiger partial charge in [0.15, 0.2) is 0 Å². The molecule has 2 N–H and O–H groups in total. The molecule has 17 heavy (non-hydrogen) atoms. The molecule has 1 fully saturated rings. The standard InChI is InChI=1S/C11H10BrClN2O2/c12-7(5-6-1-4-10(16)14-6)9-3-2-8(13)11(17)15-9/h2-3,5-6H,1,4H2,(H,14,16)(H,15,17)/b7-5-/t6-/m1/s1. The minimum Gasteiger partial charge on any atom is -0.350 e. The van der Waals surface area contributed by atoms with E-state index in [2.05, 4.69) is 26.2 Å². The Kier molecular flexibility index (Phi) is 3.69. The molecule has 0 aromatic carbocycles. The number of rotatable bonds is 2. The van der Waals surface area contributed by atoms with Gasteiger partial charge in [0.05, 0.1) is 5.69 Å². The van der Waals surface area contributed by atoms with Crippen molar-refractivity contribution in [1.82, 2.24) is 10.3 Å². The molecule has 4 nitrogen and oxygen atoms in total. The predicted molar refractivity (Wildman–Crippen MR) is 70.1 cm³/mol. The van der Waals surface area contributed by atoms with Crippen LogP contribution in [0.25, 0.3) is 4.48 Å². The monoisotopic (exact) mass is 316 g/mol. The SMILES string of the molecule is O=C1CC[C@H](/C=C(\Br)c2ccc(Cl)c(=O)[nH]2)N1. The van der Waals surface area contributed by atoms with Crippen LogP contribution in [-0.4, -0.2) is 16.9 Å². The summed E-state index contributed by atoms with van der Waals surface area (Å²) in [6, 6.07) is 3.26. The van der Waals surface area contributed by atoms with Crippen LogP contribution in [0.15, 0.2) is 23.0 Å². The van der Waals surface area contributed by atoms with Crippen LogP contribution in [0.3, 0.4) is 0 Å². The summed E-state index contributed by atoms with van der Waals surface area (Å²) in [6.45, 7) is 0. The van der Waals surface area contributed by atoms with E-state index in [1.54, 1.807) is 6.07 Å². The second kappa shape index (κ2) is 5.06. The van der Waals surface area contributed by atoms with Crippen molar-refractivity contribution in [3.8, 4) is 0 Å².